The summed E-state index contributed by atoms with van der Waals surface area (Å²) in [5.41, 5.74) is 0. The molecule has 0 aliphatic heterocycles. The Labute approximate surface area is 98.7 Å². The molecule has 13 heavy (non-hydrogen) atoms. The fraction of sp³-hybridized carbons (Fsp3) is 0.778. The van der Waals surface area contributed by atoms with E-state index < -0.39 is 8.32 Å². The van der Waals surface area contributed by atoms with Gasteiger partial charge in [-0.05, 0) is 18.1 Å². The van der Waals surface area contributed by atoms with Crippen molar-refractivity contribution < 1.29 is 4.43 Å². The molecular weight excluding hydrogens is 256 g/mol. The van der Waals surface area contributed by atoms with Crippen molar-refractivity contribution in [2.24, 2.45) is 0 Å². The van der Waals surface area contributed by atoms with Crippen molar-refractivity contribution in [2.45, 2.75) is 38.9 Å². The second-order valence-electron chi connectivity index (χ2n) is 4.54. The lowest BCUT2D eigenvalue weighted by atomic mass is 10.2. The van der Waals surface area contributed by atoms with Crippen molar-refractivity contribution in [1.29, 1.82) is 0 Å². The van der Waals surface area contributed by atoms with Gasteiger partial charge in [0.1, 0.15) is 0 Å². The van der Waals surface area contributed by atoms with Crippen molar-refractivity contribution in [2.75, 3.05) is 6.61 Å². The van der Waals surface area contributed by atoms with Crippen LogP contribution in [-0.2, 0) is 4.43 Å². The Hall–Kier alpha value is 0.983. The van der Waals surface area contributed by atoms with E-state index in [9.17, 15) is 0 Å². The second-order valence-corrected chi connectivity index (χ2v) is 11.6. The predicted octanol–water partition coefficient (Wildman–Crippen LogP) is 2.98. The molecule has 0 heterocycles. The van der Waals surface area contributed by atoms with Crippen molar-refractivity contribution in [3.63, 3.8) is 0 Å². The molecule has 0 unspecified atom stereocenters. The van der Waals surface area contributed by atoms with Gasteiger partial charge in [-0.25, -0.2) is 4.05 Å². The monoisotopic (exact) mass is 272 g/mol. The lowest BCUT2D eigenvalue weighted by Crippen LogP contribution is -2.40. The lowest BCUT2D eigenvalue weighted by Gasteiger charge is -2.35. The summed E-state index contributed by atoms with van der Waals surface area (Å²) in [6.07, 6.45) is 0. The van der Waals surface area contributed by atoms with Gasteiger partial charge < -0.3 is 4.43 Å². The molecule has 0 saturated heterocycles. The van der Waals surface area contributed by atoms with Crippen LogP contribution in [0.25, 0.3) is 0 Å². The molecule has 0 aromatic rings. The van der Waals surface area contributed by atoms with Crippen LogP contribution in [0.1, 0.15) is 20.8 Å². The van der Waals surface area contributed by atoms with Crippen LogP contribution >= 0.6 is 12.9 Å². The first kappa shape index (κ1) is 14.0. The first-order valence-corrected chi connectivity index (χ1v) is 12.0. The predicted molar refractivity (Wildman–Crippen MR) is 65.6 cm³/mol. The molecule has 0 aromatic carbocycles. The third kappa shape index (κ3) is 5.43. The Morgan fingerprint density at radius 1 is 1.38 bits per heavy atom. The molecule has 0 aliphatic rings. The minimum Gasteiger partial charge on any atom is -0.406 e. The lowest BCUT2D eigenvalue weighted by molar-refractivity contribution is 0.334. The highest BCUT2D eigenvalue weighted by Crippen LogP contribution is 2.36. The minimum absolute atomic E-state index is 0.292. The highest BCUT2D eigenvalue weighted by molar-refractivity contribution is 9.23. The van der Waals surface area contributed by atoms with Gasteiger partial charge in [-0.2, -0.15) is 0 Å². The molecule has 0 bridgehead atoms. The summed E-state index contributed by atoms with van der Waals surface area (Å²) in [5.74, 6) is 3.04. The van der Waals surface area contributed by atoms with E-state index in [1.807, 2.05) is 0 Å². The molecule has 0 fully saturated rings. The van der Waals surface area contributed by atoms with Gasteiger partial charge in [-0.15, -0.1) is 5.92 Å². The zero-order chi connectivity index (χ0) is 10.5. The molecule has 0 aliphatic carbocycles. The van der Waals surface area contributed by atoms with Crippen molar-refractivity contribution in [3.05, 3.63) is 0 Å². The van der Waals surface area contributed by atoms with E-state index in [0.29, 0.717) is 11.6 Å². The van der Waals surface area contributed by atoms with Gasteiger partial charge in [-0.3, -0.25) is 12.9 Å². The topological polar surface area (TPSA) is 9.23 Å². The SMILES string of the molecule is CC(C)(C)[Si](C)(C)OCC#[C][Mg][Br]. The fourth-order valence-electron chi connectivity index (χ4n) is 0.531. The smallest absolute Gasteiger partial charge is 0.406 e. The molecule has 0 spiro atoms. The summed E-state index contributed by atoms with van der Waals surface area (Å²) in [5, 5.41) is 0.292. The van der Waals surface area contributed by atoms with E-state index in [2.05, 4.69) is 56.7 Å². The summed E-state index contributed by atoms with van der Waals surface area (Å²) in [4.78, 5) is 0. The molecule has 0 saturated carbocycles. The van der Waals surface area contributed by atoms with E-state index in [1.165, 1.54) is 0 Å². The first-order valence-electron chi connectivity index (χ1n) is 4.47. The summed E-state index contributed by atoms with van der Waals surface area (Å²) in [6.45, 7) is 11.8. The van der Waals surface area contributed by atoms with E-state index in [1.54, 1.807) is 0 Å². The van der Waals surface area contributed by atoms with E-state index in [0.717, 1.165) is 0 Å². The Kier molecular flexibility index (Phi) is 6.20. The third-order valence-electron chi connectivity index (χ3n) is 2.50. The van der Waals surface area contributed by atoms with Crippen LogP contribution in [0.15, 0.2) is 0 Å². The highest BCUT2D eigenvalue weighted by atomic mass is 79.9. The van der Waals surface area contributed by atoms with E-state index in [-0.39, 0.29) is 18.2 Å². The molecule has 0 amide bonds. The highest BCUT2D eigenvalue weighted by Gasteiger charge is 2.36. The standard InChI is InChI=1S/C9H17OSi.BrH.Mg/c1-7-8-10-11(5,6)9(2,3)4;;/h8H2,2-6H3;1H;/q;;+1/p-1. The van der Waals surface area contributed by atoms with Gasteiger partial charge in [0.25, 0.3) is 0 Å². The zero-order valence-electron chi connectivity index (χ0n) is 9.20. The zero-order valence-corrected chi connectivity index (χ0v) is 13.2. The quantitative estimate of drug-likeness (QED) is 0.555. The summed E-state index contributed by atoms with van der Waals surface area (Å²) in [7, 11) is -1.56. The summed E-state index contributed by atoms with van der Waals surface area (Å²) < 4.78 is 8.94. The normalized spacial score (nSPS) is 11.5. The molecule has 0 atom stereocenters. The minimum atomic E-state index is -1.56. The number of hydrogen-bond donors (Lipinski definition) is 0. The number of halogens is 1. The molecule has 1 nitrogen and oxygen atoms in total. The molecular formula is C9H17BrMgOSi. The third-order valence-corrected chi connectivity index (χ3v) is 8.21. The summed E-state index contributed by atoms with van der Waals surface area (Å²) in [6, 6.07) is 0. The van der Waals surface area contributed by atoms with Gasteiger partial charge in [0, 0.05) is 0 Å². The largest absolute Gasteiger partial charge is 0.569 e. The Bertz CT molecular complexity index is 212. The number of hydrogen-bond acceptors (Lipinski definition) is 1. The maximum atomic E-state index is 5.86. The Morgan fingerprint density at radius 2 is 1.92 bits per heavy atom. The van der Waals surface area contributed by atoms with Crippen LogP contribution in [0.2, 0.25) is 18.1 Å². The maximum Gasteiger partial charge on any atom is 0.569 e. The molecule has 0 aromatic heterocycles. The van der Waals surface area contributed by atoms with Crippen molar-refractivity contribution in [3.8, 4) is 9.97 Å². The Balaban J connectivity index is 4.04. The molecule has 0 N–H and O–H groups in total. The molecule has 72 valence electrons. The second kappa shape index (κ2) is 5.76. The average molecular weight is 274 g/mol. The molecule has 0 rings (SSSR count). The van der Waals surface area contributed by atoms with E-state index in [4.69, 9.17) is 4.43 Å². The summed E-state index contributed by atoms with van der Waals surface area (Å²) >= 11 is 3.09. The van der Waals surface area contributed by atoms with Gasteiger partial charge in [0.05, 0.1) is 6.61 Å². The first-order chi connectivity index (χ1) is 5.81. The fourth-order valence-corrected chi connectivity index (χ4v) is 2.19. The van der Waals surface area contributed by atoms with Gasteiger partial charge in [0.2, 0.25) is 0 Å². The van der Waals surface area contributed by atoms with Crippen LogP contribution in [0.5, 0.6) is 0 Å². The van der Waals surface area contributed by atoms with Crippen LogP contribution in [0.4, 0.5) is 0 Å². The average Bonchev–Trinajstić information content (AvgIpc) is 1.96. The van der Waals surface area contributed by atoms with Gasteiger partial charge in [0.15, 0.2) is 8.32 Å². The number of rotatable bonds is 2. The van der Waals surface area contributed by atoms with Crippen LogP contribution in [-0.4, -0.2) is 33.1 Å². The maximum absolute atomic E-state index is 5.86. The van der Waals surface area contributed by atoms with Crippen molar-refractivity contribution in [1.82, 2.24) is 0 Å². The van der Waals surface area contributed by atoms with Crippen molar-refractivity contribution >= 4 is 39.4 Å². The Morgan fingerprint density at radius 3 is 2.31 bits per heavy atom. The van der Waals surface area contributed by atoms with E-state index >= 15 is 0 Å². The van der Waals surface area contributed by atoms with Crippen LogP contribution < -0.4 is 0 Å². The van der Waals surface area contributed by atoms with Gasteiger partial charge >= 0.3 is 18.2 Å². The van der Waals surface area contributed by atoms with Crippen LogP contribution in [0.3, 0.4) is 0 Å². The van der Waals surface area contributed by atoms with Gasteiger partial charge in [-0.1, -0.05) is 20.8 Å². The van der Waals surface area contributed by atoms with Crippen LogP contribution in [0, 0.1) is 9.97 Å². The molecule has 4 heteroatoms. The molecule has 0 radical (unpaired) electrons.